The summed E-state index contributed by atoms with van der Waals surface area (Å²) < 4.78 is 24.9. The highest BCUT2D eigenvalue weighted by atomic mass is 28.4. The predicted octanol–water partition coefficient (Wildman–Crippen LogP) is 4.59. The van der Waals surface area contributed by atoms with Crippen LogP contribution >= 0.6 is 0 Å². The van der Waals surface area contributed by atoms with Gasteiger partial charge in [0.2, 0.25) is 0 Å². The summed E-state index contributed by atoms with van der Waals surface area (Å²) in [7, 11) is -2.71. The van der Waals surface area contributed by atoms with Crippen LogP contribution in [0.3, 0.4) is 0 Å². The lowest BCUT2D eigenvalue weighted by Crippen LogP contribution is -2.67. The molecule has 4 atom stereocenters. The van der Waals surface area contributed by atoms with Gasteiger partial charge in [-0.25, -0.2) is 0 Å². The van der Waals surface area contributed by atoms with Gasteiger partial charge in [0, 0.05) is 25.6 Å². The average molecular weight is 495 g/mol. The van der Waals surface area contributed by atoms with Gasteiger partial charge >= 0.3 is 0 Å². The van der Waals surface area contributed by atoms with Crippen molar-refractivity contribution in [2.24, 2.45) is 5.92 Å². The lowest BCUT2D eigenvalue weighted by Gasteiger charge is -2.44. The van der Waals surface area contributed by atoms with Crippen molar-refractivity contribution in [3.63, 3.8) is 0 Å². The van der Waals surface area contributed by atoms with Crippen molar-refractivity contribution in [2.75, 3.05) is 13.2 Å². The van der Waals surface area contributed by atoms with Crippen molar-refractivity contribution >= 4 is 25.2 Å². The van der Waals surface area contributed by atoms with Gasteiger partial charge in [0.25, 0.3) is 14.8 Å². The molecule has 0 amide bonds. The van der Waals surface area contributed by atoms with Gasteiger partial charge in [0.1, 0.15) is 6.10 Å². The molecule has 0 N–H and O–H groups in total. The monoisotopic (exact) mass is 494 g/mol. The molecule has 5 nitrogen and oxygen atoms in total. The Labute approximate surface area is 210 Å². The molecule has 2 aromatic carbocycles. The van der Waals surface area contributed by atoms with Crippen molar-refractivity contribution in [1.82, 2.24) is 0 Å². The zero-order valence-corrected chi connectivity index (χ0v) is 22.2. The summed E-state index contributed by atoms with van der Waals surface area (Å²) in [6, 6.07) is 21.2. The highest BCUT2D eigenvalue weighted by molar-refractivity contribution is 6.99. The first kappa shape index (κ1) is 25.8. The fourth-order valence-electron chi connectivity index (χ4n) is 5.57. The van der Waals surface area contributed by atoms with Gasteiger partial charge in [-0.05, 0) is 40.2 Å². The van der Waals surface area contributed by atoms with Crippen LogP contribution in [0.15, 0.2) is 72.8 Å². The normalized spacial score (nSPS) is 25.4. The molecule has 1 aliphatic carbocycles. The first-order chi connectivity index (χ1) is 16.9. The van der Waals surface area contributed by atoms with Gasteiger partial charge in [-0.1, -0.05) is 88.0 Å². The summed E-state index contributed by atoms with van der Waals surface area (Å²) in [6.07, 6.45) is 2.84. The first-order valence-electron chi connectivity index (χ1n) is 12.7. The van der Waals surface area contributed by atoms with E-state index in [4.69, 9.17) is 18.6 Å². The van der Waals surface area contributed by atoms with E-state index in [1.807, 2.05) is 12.1 Å². The van der Waals surface area contributed by atoms with Crippen LogP contribution in [0, 0.1) is 5.92 Å². The summed E-state index contributed by atoms with van der Waals surface area (Å²) >= 11 is 0. The molecule has 2 fully saturated rings. The highest BCUT2D eigenvalue weighted by Gasteiger charge is 2.51. The molecule has 1 unspecified atom stereocenters. The van der Waals surface area contributed by atoms with E-state index in [9.17, 15) is 4.79 Å². The second kappa shape index (κ2) is 11.2. The third-order valence-corrected chi connectivity index (χ3v) is 12.4. The Morgan fingerprint density at radius 2 is 1.66 bits per heavy atom. The molecule has 6 heteroatoms. The second-order valence-electron chi connectivity index (χ2n) is 10.6. The Bertz CT molecular complexity index is 926. The van der Waals surface area contributed by atoms with E-state index in [2.05, 4.69) is 75.9 Å². The minimum atomic E-state index is -2.71. The third-order valence-electron chi connectivity index (χ3n) is 7.37. The number of ether oxygens (including phenoxy) is 3. The van der Waals surface area contributed by atoms with Gasteiger partial charge in [-0.15, -0.1) is 0 Å². The van der Waals surface area contributed by atoms with E-state index >= 15 is 0 Å². The van der Waals surface area contributed by atoms with Crippen molar-refractivity contribution in [2.45, 2.75) is 70.0 Å². The Hall–Kier alpha value is -2.25. The molecule has 188 valence electrons. The number of carbonyl (C=O) groups excluding carboxylic acids is 1. The molecule has 1 heterocycles. The van der Waals surface area contributed by atoms with Gasteiger partial charge < -0.3 is 18.6 Å². The molecule has 0 aromatic heterocycles. The van der Waals surface area contributed by atoms with E-state index < -0.39 is 8.32 Å². The molecule has 1 aliphatic heterocycles. The molecule has 2 aliphatic rings. The second-order valence-corrected chi connectivity index (χ2v) is 14.9. The number of rotatable bonds is 9. The van der Waals surface area contributed by atoms with E-state index in [-0.39, 0.29) is 29.5 Å². The average Bonchev–Trinajstić information content (AvgIpc) is 3.15. The minimum Gasteiger partial charge on any atom is -0.460 e. The molecule has 0 spiro atoms. The van der Waals surface area contributed by atoms with Crippen LogP contribution in [0.4, 0.5) is 0 Å². The van der Waals surface area contributed by atoms with Crippen molar-refractivity contribution in [3.05, 3.63) is 72.8 Å². The third kappa shape index (κ3) is 5.46. The largest absolute Gasteiger partial charge is 0.460 e. The van der Waals surface area contributed by atoms with Crippen LogP contribution < -0.4 is 10.4 Å². The molecule has 0 bridgehead atoms. The van der Waals surface area contributed by atoms with Crippen LogP contribution in [-0.4, -0.2) is 46.5 Å². The molecule has 35 heavy (non-hydrogen) atoms. The number of hydrogen-bond acceptors (Lipinski definition) is 5. The summed E-state index contributed by atoms with van der Waals surface area (Å²) in [6.45, 7) is 12.8. The van der Waals surface area contributed by atoms with Gasteiger partial charge in [0.15, 0.2) is 6.29 Å². The van der Waals surface area contributed by atoms with Crippen molar-refractivity contribution in [3.8, 4) is 0 Å². The summed E-state index contributed by atoms with van der Waals surface area (Å²) in [5.74, 6) is -0.0906. The quantitative estimate of drug-likeness (QED) is 0.290. The fourth-order valence-corrected chi connectivity index (χ4v) is 10.2. The molecule has 1 saturated heterocycles. The van der Waals surface area contributed by atoms with E-state index in [0.29, 0.717) is 19.5 Å². The van der Waals surface area contributed by atoms with Crippen LogP contribution in [-0.2, 0) is 23.4 Å². The van der Waals surface area contributed by atoms with Crippen LogP contribution in [0.1, 0.15) is 46.5 Å². The molecule has 2 aromatic rings. The molecular formula is C29H38O5Si. The zero-order chi connectivity index (χ0) is 24.9. The topological polar surface area (TPSA) is 54.0 Å². The lowest BCUT2D eigenvalue weighted by atomic mass is 10.0. The first-order valence-corrected chi connectivity index (χ1v) is 14.6. The summed E-state index contributed by atoms with van der Waals surface area (Å²) in [4.78, 5) is 11.2. The Balaban J connectivity index is 1.66. The fraction of sp³-hybridized carbons (Fsp3) is 0.483. The Morgan fingerprint density at radius 1 is 1.03 bits per heavy atom. The van der Waals surface area contributed by atoms with E-state index in [1.165, 1.54) is 10.4 Å². The standard InChI is InChI=1S/C29H38O5Si/c1-22-25(27(19-26(22)32-21-30)34-28-17-11-12-18-31-28)20-33-35(29(2,3)4,23-13-7-5-8-14-23)24-15-9-6-10-16-24/h5-10,13-16,21,25-28H,1,11-12,17-20H2,2-4H3/t25-,26+,27-,28?/m0/s1. The van der Waals surface area contributed by atoms with Crippen LogP contribution in [0.25, 0.3) is 0 Å². The number of benzene rings is 2. The lowest BCUT2D eigenvalue weighted by molar-refractivity contribution is -0.195. The molecule has 4 rings (SSSR count). The molecule has 0 radical (unpaired) electrons. The van der Waals surface area contributed by atoms with Crippen LogP contribution in [0.5, 0.6) is 0 Å². The maximum atomic E-state index is 11.2. The van der Waals surface area contributed by atoms with Gasteiger partial charge in [-0.3, -0.25) is 4.79 Å². The predicted molar refractivity (Wildman–Crippen MR) is 140 cm³/mol. The molecule has 1 saturated carbocycles. The van der Waals surface area contributed by atoms with Gasteiger partial charge in [-0.2, -0.15) is 0 Å². The van der Waals surface area contributed by atoms with Crippen LogP contribution in [0.2, 0.25) is 5.04 Å². The Kier molecular flexibility index (Phi) is 8.27. The Morgan fingerprint density at radius 3 is 2.17 bits per heavy atom. The minimum absolute atomic E-state index is 0.0906. The number of carbonyl (C=O) groups is 1. The number of hydrogen-bond donors (Lipinski definition) is 0. The summed E-state index contributed by atoms with van der Waals surface area (Å²) in [5, 5.41) is 2.34. The highest BCUT2D eigenvalue weighted by Crippen LogP contribution is 2.41. The molecular weight excluding hydrogens is 456 g/mol. The smallest absolute Gasteiger partial charge is 0.293 e. The SMILES string of the molecule is C=C1[C@H](OC=O)C[C@H](OC2CCCCO2)[C@H]1CO[Si](c1ccccc1)(c1ccccc1)C(C)(C)C. The van der Waals surface area contributed by atoms with E-state index in [1.54, 1.807) is 0 Å². The zero-order valence-electron chi connectivity index (χ0n) is 21.2. The maximum absolute atomic E-state index is 11.2. The summed E-state index contributed by atoms with van der Waals surface area (Å²) in [5.41, 5.74) is 0.857. The van der Waals surface area contributed by atoms with Gasteiger partial charge in [0.05, 0.1) is 6.10 Å². The van der Waals surface area contributed by atoms with E-state index in [0.717, 1.165) is 31.4 Å². The van der Waals surface area contributed by atoms with Crippen molar-refractivity contribution in [1.29, 1.82) is 0 Å². The van der Waals surface area contributed by atoms with Crippen molar-refractivity contribution < 1.29 is 23.4 Å². The maximum Gasteiger partial charge on any atom is 0.293 e.